The second-order valence-electron chi connectivity index (χ2n) is 5.67. The molecule has 1 aliphatic rings. The summed E-state index contributed by atoms with van der Waals surface area (Å²) >= 11 is 0. The van der Waals surface area contributed by atoms with E-state index in [2.05, 4.69) is 20.3 Å². The van der Waals surface area contributed by atoms with Crippen LogP contribution in [0.15, 0.2) is 27.9 Å². The Balaban J connectivity index is 1.58. The van der Waals surface area contributed by atoms with Crippen molar-refractivity contribution in [1.82, 2.24) is 34.4 Å². The van der Waals surface area contributed by atoms with Crippen LogP contribution in [0, 0.1) is 6.92 Å². The summed E-state index contributed by atoms with van der Waals surface area (Å²) in [5.41, 5.74) is 0.0269. The number of aromatic nitrogens is 6. The highest BCUT2D eigenvalue weighted by molar-refractivity contribution is 5.76. The fourth-order valence-corrected chi connectivity index (χ4v) is 2.99. The minimum absolute atomic E-state index is 0.131. The molecule has 0 spiro atoms. The second kappa shape index (κ2) is 5.55. The molecule has 0 radical (unpaired) electrons. The number of fused-ring (bicyclic) bond motifs is 1. The van der Waals surface area contributed by atoms with Crippen LogP contribution in [0.4, 0.5) is 0 Å². The molecule has 4 heterocycles. The summed E-state index contributed by atoms with van der Waals surface area (Å²) in [5.74, 6) is 0.775. The summed E-state index contributed by atoms with van der Waals surface area (Å²) < 4.78 is 7.53. The lowest BCUT2D eigenvalue weighted by atomic mass is 10.2. The van der Waals surface area contributed by atoms with Gasteiger partial charge in [0.15, 0.2) is 5.82 Å². The monoisotopic (exact) mass is 329 g/mol. The lowest BCUT2D eigenvalue weighted by Gasteiger charge is -2.22. The van der Waals surface area contributed by atoms with Crippen LogP contribution in [0.25, 0.3) is 5.52 Å². The average molecular weight is 329 g/mol. The zero-order valence-electron chi connectivity index (χ0n) is 13.0. The van der Waals surface area contributed by atoms with E-state index in [0.717, 1.165) is 17.5 Å². The molecule has 10 heteroatoms. The van der Waals surface area contributed by atoms with E-state index in [1.165, 1.54) is 17.0 Å². The van der Waals surface area contributed by atoms with Crippen LogP contribution >= 0.6 is 0 Å². The zero-order chi connectivity index (χ0) is 16.7. The Labute approximate surface area is 135 Å². The molecular weight excluding hydrogens is 314 g/mol. The van der Waals surface area contributed by atoms with Gasteiger partial charge in [0.2, 0.25) is 11.8 Å². The van der Waals surface area contributed by atoms with E-state index >= 15 is 0 Å². The van der Waals surface area contributed by atoms with Crippen molar-refractivity contribution in [3.63, 3.8) is 0 Å². The number of carbonyl (C=O) groups excluding carboxylic acids is 1. The van der Waals surface area contributed by atoms with Gasteiger partial charge in [0.1, 0.15) is 18.4 Å². The number of nitrogens with zero attached hydrogens (tertiary/aromatic N) is 7. The van der Waals surface area contributed by atoms with Crippen molar-refractivity contribution in [2.75, 3.05) is 6.54 Å². The first-order valence-corrected chi connectivity index (χ1v) is 7.62. The van der Waals surface area contributed by atoms with Gasteiger partial charge in [-0.05, 0) is 18.9 Å². The standard InChI is InChI=1S/C14H15N7O3/c1-9-17-13(18-24-9)10-3-2-6-19(10)12(22)7-20-14(23)11-4-5-15-21(11)8-16-20/h4-5,8,10H,2-3,6-7H2,1H3. The van der Waals surface area contributed by atoms with Crippen LogP contribution in [0.1, 0.15) is 30.6 Å². The van der Waals surface area contributed by atoms with Gasteiger partial charge < -0.3 is 9.42 Å². The molecule has 1 atom stereocenters. The highest BCUT2D eigenvalue weighted by Gasteiger charge is 2.33. The molecule has 0 bridgehead atoms. The molecule has 1 amide bonds. The van der Waals surface area contributed by atoms with Crippen molar-refractivity contribution in [3.05, 3.63) is 40.7 Å². The number of carbonyl (C=O) groups is 1. The van der Waals surface area contributed by atoms with Crippen molar-refractivity contribution < 1.29 is 9.32 Å². The van der Waals surface area contributed by atoms with Gasteiger partial charge in [-0.15, -0.1) is 0 Å². The summed E-state index contributed by atoms with van der Waals surface area (Å²) in [7, 11) is 0. The number of aryl methyl sites for hydroxylation is 1. The summed E-state index contributed by atoms with van der Waals surface area (Å²) in [6.45, 7) is 2.18. The van der Waals surface area contributed by atoms with E-state index in [1.807, 2.05) is 0 Å². The maximum Gasteiger partial charge on any atom is 0.293 e. The van der Waals surface area contributed by atoms with Gasteiger partial charge in [0.25, 0.3) is 5.56 Å². The van der Waals surface area contributed by atoms with Crippen molar-refractivity contribution in [2.24, 2.45) is 0 Å². The van der Waals surface area contributed by atoms with Gasteiger partial charge in [-0.2, -0.15) is 15.2 Å². The van der Waals surface area contributed by atoms with Gasteiger partial charge >= 0.3 is 0 Å². The highest BCUT2D eigenvalue weighted by Crippen LogP contribution is 2.30. The van der Waals surface area contributed by atoms with Crippen molar-refractivity contribution >= 4 is 11.4 Å². The summed E-state index contributed by atoms with van der Waals surface area (Å²) in [6.07, 6.45) is 4.55. The molecule has 1 fully saturated rings. The number of hydrogen-bond donors (Lipinski definition) is 0. The molecule has 124 valence electrons. The Morgan fingerprint density at radius 3 is 3.08 bits per heavy atom. The maximum absolute atomic E-state index is 12.6. The van der Waals surface area contributed by atoms with Gasteiger partial charge in [-0.1, -0.05) is 5.16 Å². The quantitative estimate of drug-likeness (QED) is 0.662. The molecule has 1 unspecified atom stereocenters. The molecule has 24 heavy (non-hydrogen) atoms. The van der Waals surface area contributed by atoms with E-state index in [1.54, 1.807) is 17.9 Å². The third-order valence-corrected chi connectivity index (χ3v) is 4.12. The van der Waals surface area contributed by atoms with Crippen LogP contribution in [0.2, 0.25) is 0 Å². The number of rotatable bonds is 3. The first kappa shape index (κ1) is 14.5. The molecule has 0 saturated carbocycles. The fourth-order valence-electron chi connectivity index (χ4n) is 2.99. The van der Waals surface area contributed by atoms with Gasteiger partial charge in [-0.25, -0.2) is 9.20 Å². The largest absolute Gasteiger partial charge is 0.340 e. The first-order chi connectivity index (χ1) is 11.6. The maximum atomic E-state index is 12.6. The minimum Gasteiger partial charge on any atom is -0.340 e. The predicted molar refractivity (Wildman–Crippen MR) is 80.0 cm³/mol. The number of likely N-dealkylation sites (tertiary alicyclic amines) is 1. The van der Waals surface area contributed by atoms with E-state index < -0.39 is 0 Å². The number of amides is 1. The third-order valence-electron chi connectivity index (χ3n) is 4.12. The van der Waals surface area contributed by atoms with Gasteiger partial charge in [0, 0.05) is 13.5 Å². The summed E-state index contributed by atoms with van der Waals surface area (Å²) in [5, 5.41) is 11.9. The molecule has 0 N–H and O–H groups in total. The molecule has 3 aromatic rings. The Morgan fingerprint density at radius 1 is 1.42 bits per heavy atom. The lowest BCUT2D eigenvalue weighted by molar-refractivity contribution is -0.133. The van der Waals surface area contributed by atoms with Crippen LogP contribution < -0.4 is 5.56 Å². The first-order valence-electron chi connectivity index (χ1n) is 7.62. The Bertz CT molecular complexity index is 957. The van der Waals surface area contributed by atoms with E-state index in [4.69, 9.17) is 4.52 Å². The van der Waals surface area contributed by atoms with Crippen LogP contribution in [-0.4, -0.2) is 46.9 Å². The van der Waals surface area contributed by atoms with Gasteiger partial charge in [-0.3, -0.25) is 9.59 Å². The van der Waals surface area contributed by atoms with Crippen LogP contribution in [0.5, 0.6) is 0 Å². The number of hydrogen-bond acceptors (Lipinski definition) is 7. The molecular formula is C14H15N7O3. The molecule has 1 saturated heterocycles. The smallest absolute Gasteiger partial charge is 0.293 e. The lowest BCUT2D eigenvalue weighted by Crippen LogP contribution is -2.37. The normalized spacial score (nSPS) is 17.7. The molecule has 10 nitrogen and oxygen atoms in total. The topological polar surface area (TPSA) is 111 Å². The van der Waals surface area contributed by atoms with Crippen LogP contribution in [0.3, 0.4) is 0 Å². The summed E-state index contributed by atoms with van der Waals surface area (Å²) in [6, 6.07) is 1.37. The Hall–Kier alpha value is -3.04. The van der Waals surface area contributed by atoms with Crippen molar-refractivity contribution in [1.29, 1.82) is 0 Å². The molecule has 0 aliphatic carbocycles. The zero-order valence-corrected chi connectivity index (χ0v) is 13.0. The summed E-state index contributed by atoms with van der Waals surface area (Å²) in [4.78, 5) is 30.9. The van der Waals surface area contributed by atoms with Gasteiger partial charge in [0.05, 0.1) is 12.2 Å². The SMILES string of the molecule is Cc1nc(C2CCCN2C(=O)Cn2ncn3nccc3c2=O)no1. The second-order valence-corrected chi connectivity index (χ2v) is 5.67. The van der Waals surface area contributed by atoms with E-state index in [0.29, 0.717) is 23.8 Å². The Morgan fingerprint density at radius 2 is 2.29 bits per heavy atom. The average Bonchev–Trinajstić information content (AvgIpc) is 3.28. The van der Waals surface area contributed by atoms with Crippen LogP contribution in [-0.2, 0) is 11.3 Å². The van der Waals surface area contributed by atoms with E-state index in [-0.39, 0.29) is 24.1 Å². The Kier molecular flexibility index (Phi) is 3.36. The molecule has 0 aromatic carbocycles. The third kappa shape index (κ3) is 2.36. The minimum atomic E-state index is -0.352. The van der Waals surface area contributed by atoms with Crippen molar-refractivity contribution in [2.45, 2.75) is 32.4 Å². The molecule has 3 aromatic heterocycles. The molecule has 4 rings (SSSR count). The predicted octanol–water partition coefficient (Wildman–Crippen LogP) is -0.0539. The van der Waals surface area contributed by atoms with Crippen molar-refractivity contribution in [3.8, 4) is 0 Å². The highest BCUT2D eigenvalue weighted by atomic mass is 16.5. The van der Waals surface area contributed by atoms with E-state index in [9.17, 15) is 9.59 Å². The fraction of sp³-hybridized carbons (Fsp3) is 0.429. The molecule has 1 aliphatic heterocycles.